The minimum absolute atomic E-state index is 0.381. The summed E-state index contributed by atoms with van der Waals surface area (Å²) in [5.41, 5.74) is 2.00. The molecule has 0 aliphatic carbocycles. The van der Waals surface area contributed by atoms with E-state index in [9.17, 15) is 0 Å². The molecule has 4 rings (SSSR count). The monoisotopic (exact) mass is 298 g/mol. The summed E-state index contributed by atoms with van der Waals surface area (Å²) in [6.45, 7) is 4.47. The van der Waals surface area contributed by atoms with Crippen molar-refractivity contribution >= 4 is 22.5 Å². The number of thiophene rings is 1. The Balaban J connectivity index is 1.94. The minimum Gasteiger partial charge on any atom is -0.291 e. The van der Waals surface area contributed by atoms with Crippen molar-refractivity contribution in [2.24, 2.45) is 0 Å². The summed E-state index contributed by atoms with van der Waals surface area (Å²) in [5, 5.41) is 2.11. The maximum atomic E-state index is 4.85. The predicted molar refractivity (Wildman–Crippen MR) is 86.4 cm³/mol. The van der Waals surface area contributed by atoms with E-state index >= 15 is 0 Å². The highest BCUT2D eigenvalue weighted by molar-refractivity contribution is 7.13. The van der Waals surface area contributed by atoms with Crippen LogP contribution in [0.4, 0.5) is 0 Å². The lowest BCUT2D eigenvalue weighted by Crippen LogP contribution is -2.27. The molecule has 0 N–H and O–H groups in total. The third-order valence-corrected chi connectivity index (χ3v) is 5.09. The highest BCUT2D eigenvalue weighted by Gasteiger charge is 2.29. The van der Waals surface area contributed by atoms with Crippen molar-refractivity contribution in [1.82, 2.24) is 19.4 Å². The number of aromatic nitrogens is 3. The van der Waals surface area contributed by atoms with Crippen molar-refractivity contribution < 1.29 is 0 Å². The molecule has 4 heterocycles. The lowest BCUT2D eigenvalue weighted by molar-refractivity contribution is 0.209. The average molecular weight is 298 g/mol. The first-order valence-corrected chi connectivity index (χ1v) is 8.37. The molecule has 1 unspecified atom stereocenters. The Kier molecular flexibility index (Phi) is 3.24. The maximum Gasteiger partial charge on any atom is 0.161 e. The summed E-state index contributed by atoms with van der Waals surface area (Å²) in [5.74, 6) is 1.06. The molecule has 1 atom stereocenters. The zero-order chi connectivity index (χ0) is 14.2. The summed E-state index contributed by atoms with van der Waals surface area (Å²) in [4.78, 5) is 13.2. The molecule has 108 valence electrons. The summed E-state index contributed by atoms with van der Waals surface area (Å²) in [6, 6.07) is 8.25. The number of pyridine rings is 1. The van der Waals surface area contributed by atoms with E-state index in [-0.39, 0.29) is 0 Å². The highest BCUT2D eigenvalue weighted by atomic mass is 32.1. The first kappa shape index (κ1) is 13.0. The smallest absolute Gasteiger partial charge is 0.161 e. The molecule has 1 fully saturated rings. The molecule has 0 saturated carbocycles. The predicted octanol–water partition coefficient (Wildman–Crippen LogP) is 3.77. The highest BCUT2D eigenvalue weighted by Crippen LogP contribution is 2.35. The van der Waals surface area contributed by atoms with Crippen LogP contribution in [-0.2, 0) is 0 Å². The quantitative estimate of drug-likeness (QED) is 0.738. The molecule has 0 radical (unpaired) electrons. The van der Waals surface area contributed by atoms with E-state index in [2.05, 4.69) is 45.0 Å². The van der Waals surface area contributed by atoms with Gasteiger partial charge in [-0.1, -0.05) is 13.0 Å². The van der Waals surface area contributed by atoms with Gasteiger partial charge in [0.2, 0.25) is 0 Å². The van der Waals surface area contributed by atoms with E-state index in [1.54, 1.807) is 11.3 Å². The molecule has 0 spiro atoms. The summed E-state index contributed by atoms with van der Waals surface area (Å²) < 4.78 is 2.34. The van der Waals surface area contributed by atoms with Gasteiger partial charge in [-0.3, -0.25) is 9.47 Å². The average Bonchev–Trinajstić information content (AvgIpc) is 3.24. The first-order valence-electron chi connectivity index (χ1n) is 7.49. The normalized spacial score (nSPS) is 19.6. The van der Waals surface area contributed by atoms with Crippen molar-refractivity contribution in [3.8, 4) is 10.7 Å². The number of likely N-dealkylation sites (tertiary alicyclic amines) is 1. The molecule has 1 saturated heterocycles. The van der Waals surface area contributed by atoms with Gasteiger partial charge in [-0.2, -0.15) is 0 Å². The lowest BCUT2D eigenvalue weighted by atomic mass is 10.3. The third kappa shape index (κ3) is 2.08. The van der Waals surface area contributed by atoms with Gasteiger partial charge < -0.3 is 0 Å². The molecular weight excluding hydrogens is 280 g/mol. The Hall–Kier alpha value is -1.72. The fourth-order valence-corrected chi connectivity index (χ4v) is 3.97. The summed E-state index contributed by atoms with van der Waals surface area (Å²) >= 11 is 1.74. The second kappa shape index (κ2) is 5.24. The number of rotatable bonds is 3. The molecule has 0 amide bonds. The van der Waals surface area contributed by atoms with Crippen molar-refractivity contribution in [1.29, 1.82) is 0 Å². The summed E-state index contributed by atoms with van der Waals surface area (Å²) in [7, 11) is 0. The van der Waals surface area contributed by atoms with Crippen LogP contribution in [-0.4, -0.2) is 32.5 Å². The van der Waals surface area contributed by atoms with Crippen LogP contribution in [0.5, 0.6) is 0 Å². The molecule has 4 nitrogen and oxygen atoms in total. The van der Waals surface area contributed by atoms with Crippen LogP contribution in [0, 0.1) is 0 Å². The number of nitrogens with zero attached hydrogens (tertiary/aromatic N) is 4. The van der Waals surface area contributed by atoms with E-state index in [1.807, 2.05) is 12.3 Å². The van der Waals surface area contributed by atoms with Gasteiger partial charge in [0.15, 0.2) is 11.5 Å². The molecule has 0 aromatic carbocycles. The molecular formula is C16H18N4S. The standard InChI is InChI=1S/C16H18N4S/c1-2-19-10-4-8-14(19)20-15-12(6-3-9-17-15)18-16(20)13-7-5-11-21-13/h3,5-7,9,11,14H,2,4,8,10H2,1H3. The van der Waals surface area contributed by atoms with E-state index in [0.717, 1.165) is 30.1 Å². The summed E-state index contributed by atoms with van der Waals surface area (Å²) in [6.07, 6.45) is 4.67. The molecule has 1 aliphatic rings. The van der Waals surface area contributed by atoms with Crippen LogP contribution in [0.3, 0.4) is 0 Å². The van der Waals surface area contributed by atoms with Crippen molar-refractivity contribution in [3.63, 3.8) is 0 Å². The Morgan fingerprint density at radius 2 is 2.29 bits per heavy atom. The van der Waals surface area contributed by atoms with Crippen LogP contribution < -0.4 is 0 Å². The molecule has 3 aromatic rings. The van der Waals surface area contributed by atoms with Gasteiger partial charge in [0.25, 0.3) is 0 Å². The topological polar surface area (TPSA) is 34.0 Å². The van der Waals surface area contributed by atoms with Crippen LogP contribution in [0.15, 0.2) is 35.8 Å². The van der Waals surface area contributed by atoms with Crippen LogP contribution in [0.1, 0.15) is 25.9 Å². The largest absolute Gasteiger partial charge is 0.291 e. The van der Waals surface area contributed by atoms with Crippen molar-refractivity contribution in [3.05, 3.63) is 35.8 Å². The number of hydrogen-bond donors (Lipinski definition) is 0. The number of fused-ring (bicyclic) bond motifs is 1. The Morgan fingerprint density at radius 1 is 1.33 bits per heavy atom. The number of imidazole rings is 1. The molecule has 21 heavy (non-hydrogen) atoms. The second-order valence-corrected chi connectivity index (χ2v) is 6.33. The minimum atomic E-state index is 0.381. The van der Waals surface area contributed by atoms with E-state index < -0.39 is 0 Å². The van der Waals surface area contributed by atoms with Crippen LogP contribution in [0.25, 0.3) is 21.9 Å². The van der Waals surface area contributed by atoms with Crippen molar-refractivity contribution in [2.45, 2.75) is 25.9 Å². The molecule has 3 aromatic heterocycles. The van der Waals surface area contributed by atoms with E-state index in [1.165, 1.54) is 17.7 Å². The lowest BCUT2D eigenvalue weighted by Gasteiger charge is -2.25. The van der Waals surface area contributed by atoms with Gasteiger partial charge in [0.1, 0.15) is 5.52 Å². The van der Waals surface area contributed by atoms with Gasteiger partial charge in [0, 0.05) is 12.7 Å². The molecule has 1 aliphatic heterocycles. The number of hydrogen-bond acceptors (Lipinski definition) is 4. The second-order valence-electron chi connectivity index (χ2n) is 5.38. The van der Waals surface area contributed by atoms with Gasteiger partial charge in [-0.25, -0.2) is 9.97 Å². The van der Waals surface area contributed by atoms with Crippen LogP contribution in [0.2, 0.25) is 0 Å². The molecule has 5 heteroatoms. The van der Waals surface area contributed by atoms with Crippen LogP contribution >= 0.6 is 11.3 Å². The van der Waals surface area contributed by atoms with Gasteiger partial charge in [0.05, 0.1) is 11.0 Å². The zero-order valence-corrected chi connectivity index (χ0v) is 12.9. The van der Waals surface area contributed by atoms with Gasteiger partial charge >= 0.3 is 0 Å². The first-order chi connectivity index (χ1) is 10.4. The Morgan fingerprint density at radius 3 is 3.10 bits per heavy atom. The van der Waals surface area contributed by atoms with Gasteiger partial charge in [-0.15, -0.1) is 11.3 Å². The SMILES string of the molecule is CCN1CCCC1n1c(-c2cccs2)nc2cccnc21. The fraction of sp³-hybridized carbons (Fsp3) is 0.375. The Labute approximate surface area is 128 Å². The van der Waals surface area contributed by atoms with Gasteiger partial charge in [-0.05, 0) is 43.0 Å². The fourth-order valence-electron chi connectivity index (χ4n) is 3.26. The zero-order valence-electron chi connectivity index (χ0n) is 12.1. The molecule has 0 bridgehead atoms. The Bertz CT molecular complexity index is 747. The third-order valence-electron chi connectivity index (χ3n) is 4.22. The van der Waals surface area contributed by atoms with E-state index in [0.29, 0.717) is 6.17 Å². The maximum absolute atomic E-state index is 4.85. The van der Waals surface area contributed by atoms with Crippen molar-refractivity contribution in [2.75, 3.05) is 13.1 Å². The van der Waals surface area contributed by atoms with E-state index in [4.69, 9.17) is 4.98 Å².